The van der Waals surface area contributed by atoms with Crippen molar-refractivity contribution < 1.29 is 23.8 Å². The van der Waals surface area contributed by atoms with Crippen LogP contribution in [0.15, 0.2) is 53.6 Å². The highest BCUT2D eigenvalue weighted by Gasteiger charge is 2.31. The van der Waals surface area contributed by atoms with E-state index in [0.717, 1.165) is 10.4 Å². The Hall–Kier alpha value is -3.38. The highest BCUT2D eigenvalue weighted by atomic mass is 32.1. The van der Waals surface area contributed by atoms with Gasteiger partial charge in [0.2, 0.25) is 5.78 Å². The van der Waals surface area contributed by atoms with E-state index in [2.05, 4.69) is 0 Å². The van der Waals surface area contributed by atoms with Gasteiger partial charge >= 0.3 is 5.97 Å². The zero-order valence-electron chi connectivity index (χ0n) is 16.1. The summed E-state index contributed by atoms with van der Waals surface area (Å²) in [7, 11) is 1.50. The van der Waals surface area contributed by atoms with Gasteiger partial charge in [0, 0.05) is 16.5 Å². The molecule has 0 saturated heterocycles. The number of hydrogen-bond donors (Lipinski definition) is 0. The number of allylic oxidation sites excluding steroid dienone is 1. The van der Waals surface area contributed by atoms with E-state index in [1.807, 2.05) is 18.4 Å². The van der Waals surface area contributed by atoms with Gasteiger partial charge in [-0.3, -0.25) is 4.79 Å². The maximum atomic E-state index is 12.7. The average Bonchev–Trinajstić information content (AvgIpc) is 3.28. The Kier molecular flexibility index (Phi) is 4.94. The minimum atomic E-state index is -0.542. The molecule has 0 aliphatic carbocycles. The first-order valence-corrected chi connectivity index (χ1v) is 9.84. The van der Waals surface area contributed by atoms with Crippen LogP contribution >= 0.6 is 11.3 Å². The molecular formula is C23H18O5S. The molecular weight excluding hydrogens is 388 g/mol. The summed E-state index contributed by atoms with van der Waals surface area (Å²) in [5.41, 5.74) is 2.45. The monoisotopic (exact) mass is 406 g/mol. The molecule has 1 aromatic heterocycles. The van der Waals surface area contributed by atoms with Crippen LogP contribution in [0.1, 0.15) is 36.7 Å². The summed E-state index contributed by atoms with van der Waals surface area (Å²) < 4.78 is 16.6. The van der Waals surface area contributed by atoms with Crippen molar-refractivity contribution in [2.24, 2.45) is 0 Å². The number of ether oxygens (including phenoxy) is 3. The third kappa shape index (κ3) is 3.43. The number of Topliss-reactive ketones (excluding diaryl/α,β-unsaturated/α-hetero) is 1. The molecule has 0 N–H and O–H groups in total. The fraction of sp³-hybridized carbons (Fsp3) is 0.130. The van der Waals surface area contributed by atoms with Gasteiger partial charge in [-0.25, -0.2) is 4.79 Å². The normalized spacial score (nSPS) is 13.9. The Morgan fingerprint density at radius 3 is 2.59 bits per heavy atom. The van der Waals surface area contributed by atoms with Crippen molar-refractivity contribution in [1.82, 2.24) is 0 Å². The van der Waals surface area contributed by atoms with Crippen LogP contribution in [0, 0.1) is 13.8 Å². The second-order valence-electron chi connectivity index (χ2n) is 6.56. The number of esters is 1. The number of para-hydroxylation sites is 1. The van der Waals surface area contributed by atoms with E-state index in [1.54, 1.807) is 60.7 Å². The maximum Gasteiger partial charge on any atom is 0.347 e. The lowest BCUT2D eigenvalue weighted by Crippen LogP contribution is -2.11. The lowest BCUT2D eigenvalue weighted by atomic mass is 10.1. The number of ketones is 1. The van der Waals surface area contributed by atoms with Gasteiger partial charge in [-0.1, -0.05) is 12.1 Å². The third-order valence-electron chi connectivity index (χ3n) is 4.73. The lowest BCUT2D eigenvalue weighted by Gasteiger charge is -2.11. The summed E-state index contributed by atoms with van der Waals surface area (Å²) in [6.45, 7) is 3.74. The highest BCUT2D eigenvalue weighted by molar-refractivity contribution is 7.11. The van der Waals surface area contributed by atoms with Crippen LogP contribution in [0.4, 0.5) is 0 Å². The summed E-state index contributed by atoms with van der Waals surface area (Å²) in [6, 6.07) is 12.1. The molecule has 2 heterocycles. The number of thiophene rings is 1. The van der Waals surface area contributed by atoms with Gasteiger partial charge in [0.05, 0.1) is 12.7 Å². The predicted molar refractivity (Wildman–Crippen MR) is 111 cm³/mol. The zero-order valence-corrected chi connectivity index (χ0v) is 17.0. The van der Waals surface area contributed by atoms with Crippen LogP contribution in [-0.2, 0) is 0 Å². The van der Waals surface area contributed by atoms with Crippen LogP contribution in [0.2, 0.25) is 0 Å². The fourth-order valence-electron chi connectivity index (χ4n) is 3.10. The molecule has 6 heteroatoms. The van der Waals surface area contributed by atoms with Crippen molar-refractivity contribution in [3.63, 3.8) is 0 Å². The van der Waals surface area contributed by atoms with E-state index in [9.17, 15) is 9.59 Å². The molecule has 5 nitrogen and oxygen atoms in total. The minimum absolute atomic E-state index is 0.182. The molecule has 3 aromatic rings. The largest absolute Gasteiger partial charge is 0.496 e. The molecule has 0 unspecified atom stereocenters. The molecule has 0 spiro atoms. The molecule has 0 saturated carbocycles. The quantitative estimate of drug-likeness (QED) is 0.338. The summed E-state index contributed by atoms with van der Waals surface area (Å²) in [4.78, 5) is 26.3. The van der Waals surface area contributed by atoms with Gasteiger partial charge in [-0.2, -0.15) is 0 Å². The Morgan fingerprint density at radius 1 is 1.07 bits per heavy atom. The van der Waals surface area contributed by atoms with Gasteiger partial charge in [0.25, 0.3) is 0 Å². The van der Waals surface area contributed by atoms with E-state index in [-0.39, 0.29) is 11.5 Å². The molecule has 0 amide bonds. The van der Waals surface area contributed by atoms with Gasteiger partial charge in [-0.05, 0) is 55.1 Å². The van der Waals surface area contributed by atoms with Crippen molar-refractivity contribution in [2.45, 2.75) is 13.8 Å². The number of fused-ring (bicyclic) bond motifs is 1. The maximum absolute atomic E-state index is 12.7. The first-order chi connectivity index (χ1) is 14.0. The Balaban J connectivity index is 1.63. The number of aryl methyl sites for hydroxylation is 1. The first-order valence-electron chi connectivity index (χ1n) is 8.96. The smallest absolute Gasteiger partial charge is 0.347 e. The molecule has 4 rings (SSSR count). The molecule has 0 radical (unpaired) electrons. The van der Waals surface area contributed by atoms with E-state index >= 15 is 0 Å². The summed E-state index contributed by atoms with van der Waals surface area (Å²) in [5, 5.41) is 1.97. The molecule has 1 aliphatic rings. The molecule has 1 aliphatic heterocycles. The Labute approximate surface area is 172 Å². The van der Waals surface area contributed by atoms with Crippen LogP contribution in [0.25, 0.3) is 6.08 Å². The van der Waals surface area contributed by atoms with Crippen molar-refractivity contribution in [2.75, 3.05) is 7.11 Å². The first kappa shape index (κ1) is 19.0. The predicted octanol–water partition coefficient (Wildman–Crippen LogP) is 5.21. The minimum Gasteiger partial charge on any atom is -0.496 e. The van der Waals surface area contributed by atoms with Crippen molar-refractivity contribution >= 4 is 29.2 Å². The third-order valence-corrected chi connectivity index (χ3v) is 5.70. The van der Waals surface area contributed by atoms with E-state index < -0.39 is 5.97 Å². The van der Waals surface area contributed by atoms with Gasteiger partial charge in [-0.15, -0.1) is 11.3 Å². The molecule has 0 bridgehead atoms. The van der Waals surface area contributed by atoms with Crippen molar-refractivity contribution in [3.05, 3.63) is 80.7 Å². The summed E-state index contributed by atoms with van der Waals surface area (Å²) in [6.07, 6.45) is 1.75. The molecule has 2 aromatic carbocycles. The number of benzene rings is 2. The lowest BCUT2D eigenvalue weighted by molar-refractivity contribution is 0.0729. The molecule has 146 valence electrons. The number of rotatable bonds is 4. The molecule has 29 heavy (non-hydrogen) atoms. The molecule has 0 atom stereocenters. The van der Waals surface area contributed by atoms with E-state index in [1.165, 1.54) is 7.11 Å². The Bertz CT molecular complexity index is 1160. The fourth-order valence-corrected chi connectivity index (χ4v) is 3.95. The summed E-state index contributed by atoms with van der Waals surface area (Å²) in [5.74, 6) is 0.723. The van der Waals surface area contributed by atoms with E-state index in [4.69, 9.17) is 14.2 Å². The molecule has 0 fully saturated rings. The standard InChI is InChI=1S/C23H18O5S/c1-13-10-11-29-20(13)12-19-21(24)16-8-9-17(14(2)22(16)27-19)28-23(25)15-6-4-5-7-18(15)26-3/h4-12H,1-3H3/b19-12-. The number of methoxy groups -OCH3 is 1. The van der Waals surface area contributed by atoms with Gasteiger partial charge < -0.3 is 14.2 Å². The number of hydrogen-bond acceptors (Lipinski definition) is 6. The van der Waals surface area contributed by atoms with Crippen molar-refractivity contribution in [1.29, 1.82) is 0 Å². The van der Waals surface area contributed by atoms with Crippen LogP contribution in [-0.4, -0.2) is 18.9 Å². The van der Waals surface area contributed by atoms with Gasteiger partial charge in [0.15, 0.2) is 5.76 Å². The number of carbonyl (C=O) groups is 2. The average molecular weight is 406 g/mol. The zero-order chi connectivity index (χ0) is 20.5. The second kappa shape index (κ2) is 7.56. The summed E-state index contributed by atoms with van der Waals surface area (Å²) >= 11 is 1.54. The Morgan fingerprint density at radius 2 is 1.86 bits per heavy atom. The van der Waals surface area contributed by atoms with Crippen LogP contribution in [0.5, 0.6) is 17.2 Å². The highest BCUT2D eigenvalue weighted by Crippen LogP contribution is 2.40. The topological polar surface area (TPSA) is 61.8 Å². The van der Waals surface area contributed by atoms with Crippen molar-refractivity contribution in [3.8, 4) is 17.2 Å². The van der Waals surface area contributed by atoms with E-state index in [0.29, 0.717) is 33.9 Å². The number of carbonyl (C=O) groups excluding carboxylic acids is 2. The van der Waals surface area contributed by atoms with Crippen LogP contribution in [0.3, 0.4) is 0 Å². The van der Waals surface area contributed by atoms with Crippen LogP contribution < -0.4 is 14.2 Å². The second-order valence-corrected chi connectivity index (χ2v) is 7.51. The SMILES string of the molecule is COc1ccccc1C(=O)Oc1ccc2c(c1C)O/C(=C\c1sccc1C)C2=O. The van der Waals surface area contributed by atoms with Gasteiger partial charge in [0.1, 0.15) is 22.8 Å².